The van der Waals surface area contributed by atoms with Crippen LogP contribution in [0.2, 0.25) is 0 Å². The second-order valence-corrected chi connectivity index (χ2v) is 10.2. The van der Waals surface area contributed by atoms with Crippen molar-refractivity contribution in [1.29, 1.82) is 0 Å². The number of aryl methyl sites for hydroxylation is 2. The second-order valence-electron chi connectivity index (χ2n) is 10.2. The molecule has 0 aliphatic rings. The summed E-state index contributed by atoms with van der Waals surface area (Å²) in [5, 5.41) is 2.32. The van der Waals surface area contributed by atoms with E-state index in [4.69, 9.17) is 4.74 Å². The van der Waals surface area contributed by atoms with Gasteiger partial charge in [0, 0.05) is 6.42 Å². The molecule has 0 atom stereocenters. The van der Waals surface area contributed by atoms with E-state index in [1.54, 1.807) is 0 Å². The molecule has 0 radical (unpaired) electrons. The Morgan fingerprint density at radius 3 is 2.45 bits per heavy atom. The van der Waals surface area contributed by atoms with E-state index in [1.807, 2.05) is 31.2 Å². The molecule has 3 nitrogen and oxygen atoms in total. The third-order valence-electron chi connectivity index (χ3n) is 6.60. The first-order valence-electron chi connectivity index (χ1n) is 14.0. The zero-order chi connectivity index (χ0) is 27.5. The van der Waals surface area contributed by atoms with Crippen LogP contribution >= 0.6 is 0 Å². The van der Waals surface area contributed by atoms with Crippen molar-refractivity contribution in [2.75, 3.05) is 6.61 Å². The first kappa shape index (κ1) is 29.0. The molecular formula is C35H44N2O. The number of hydrogen-bond donors (Lipinski definition) is 1. The molecule has 0 fully saturated rings. The normalized spacial score (nSPS) is 12.1. The average molecular weight is 509 g/mol. The number of H-pyrrole nitrogens is 1. The van der Waals surface area contributed by atoms with Crippen LogP contribution in [0.1, 0.15) is 65.8 Å². The summed E-state index contributed by atoms with van der Waals surface area (Å²) in [6.07, 6.45) is 8.29. The fourth-order valence-electron chi connectivity index (χ4n) is 4.42. The summed E-state index contributed by atoms with van der Waals surface area (Å²) in [5.41, 5.74) is 7.13. The van der Waals surface area contributed by atoms with Gasteiger partial charge in [-0.3, -0.25) is 0 Å². The molecule has 0 saturated carbocycles. The smallest absolute Gasteiger partial charge is 0.122 e. The van der Waals surface area contributed by atoms with Gasteiger partial charge in [0.15, 0.2) is 0 Å². The molecule has 0 saturated heterocycles. The SMILES string of the molecule is C=c1cccc/c1=C(C)/C=C\C.CCCc1nc2ccc(-c3ccc(OCCC(C)C)c(CC)c3)cc2[nH]1. The molecule has 200 valence electrons. The number of benzene rings is 3. The number of aromatic amines is 1. The Labute approximate surface area is 229 Å². The summed E-state index contributed by atoms with van der Waals surface area (Å²) < 4.78 is 6.01. The molecule has 0 aliphatic carbocycles. The van der Waals surface area contributed by atoms with E-state index in [1.165, 1.54) is 27.5 Å². The third-order valence-corrected chi connectivity index (χ3v) is 6.60. The minimum absolute atomic E-state index is 0.665. The van der Waals surface area contributed by atoms with Crippen LogP contribution in [0, 0.1) is 5.92 Å². The number of nitrogens with one attached hydrogen (secondary N) is 1. The fraction of sp³-hybridized carbons (Fsp3) is 0.343. The van der Waals surface area contributed by atoms with Gasteiger partial charge in [0.2, 0.25) is 0 Å². The van der Waals surface area contributed by atoms with E-state index in [2.05, 4.69) is 99.7 Å². The topological polar surface area (TPSA) is 37.9 Å². The summed E-state index contributed by atoms with van der Waals surface area (Å²) in [5.74, 6) is 2.76. The van der Waals surface area contributed by atoms with Crippen molar-refractivity contribution in [3.05, 3.63) is 94.6 Å². The second kappa shape index (κ2) is 14.4. The highest BCUT2D eigenvalue weighted by Crippen LogP contribution is 2.29. The van der Waals surface area contributed by atoms with Crippen LogP contribution in [-0.4, -0.2) is 16.6 Å². The molecular weight excluding hydrogens is 464 g/mol. The van der Waals surface area contributed by atoms with E-state index >= 15 is 0 Å². The van der Waals surface area contributed by atoms with E-state index in [0.717, 1.165) is 60.1 Å². The molecule has 0 amide bonds. The van der Waals surface area contributed by atoms with Crippen molar-refractivity contribution in [3.8, 4) is 16.9 Å². The van der Waals surface area contributed by atoms with Crippen LogP contribution in [0.15, 0.2) is 72.8 Å². The number of ether oxygens (including phenoxy) is 1. The predicted octanol–water partition coefficient (Wildman–Crippen LogP) is 8.01. The fourth-order valence-corrected chi connectivity index (χ4v) is 4.42. The summed E-state index contributed by atoms with van der Waals surface area (Å²) in [4.78, 5) is 8.11. The van der Waals surface area contributed by atoms with Crippen molar-refractivity contribution < 1.29 is 4.74 Å². The lowest BCUT2D eigenvalue weighted by atomic mass is 10.0. The molecule has 0 spiro atoms. The summed E-state index contributed by atoms with van der Waals surface area (Å²) in [6, 6.07) is 21.2. The molecule has 4 rings (SSSR count). The van der Waals surface area contributed by atoms with Crippen molar-refractivity contribution in [2.24, 2.45) is 5.92 Å². The maximum Gasteiger partial charge on any atom is 0.122 e. The van der Waals surface area contributed by atoms with Gasteiger partial charge >= 0.3 is 0 Å². The van der Waals surface area contributed by atoms with E-state index in [0.29, 0.717) is 5.92 Å². The van der Waals surface area contributed by atoms with Gasteiger partial charge < -0.3 is 9.72 Å². The minimum atomic E-state index is 0.665. The standard InChI is InChI=1S/C23H30N2O.C12H14/c1-5-7-23-24-20-10-8-19(15-21(20)25-23)18-9-11-22(17(6-2)14-18)26-13-12-16(3)4;1-4-7-10(2)12-9-6-5-8-11(12)3/h8-11,14-16H,5-7,12-13H2,1-4H3,(H,24,25);4-9H,3H2,1-2H3/b;7-4-,12-10-. The number of rotatable bonds is 9. The van der Waals surface area contributed by atoms with Crippen LogP contribution in [0.5, 0.6) is 5.75 Å². The van der Waals surface area contributed by atoms with Gasteiger partial charge in [-0.25, -0.2) is 4.98 Å². The highest BCUT2D eigenvalue weighted by Gasteiger charge is 2.08. The zero-order valence-electron chi connectivity index (χ0n) is 24.1. The van der Waals surface area contributed by atoms with Crippen molar-refractivity contribution in [3.63, 3.8) is 0 Å². The predicted molar refractivity (Wildman–Crippen MR) is 165 cm³/mol. The maximum atomic E-state index is 6.01. The molecule has 3 heteroatoms. The van der Waals surface area contributed by atoms with Gasteiger partial charge in [-0.2, -0.15) is 0 Å². The van der Waals surface area contributed by atoms with Gasteiger partial charge in [0.1, 0.15) is 11.6 Å². The Morgan fingerprint density at radius 1 is 1.03 bits per heavy atom. The Kier molecular flexibility index (Phi) is 11.0. The van der Waals surface area contributed by atoms with Gasteiger partial charge in [-0.1, -0.05) is 82.8 Å². The average Bonchev–Trinajstić information content (AvgIpc) is 3.31. The molecule has 4 aromatic rings. The molecule has 1 aromatic heterocycles. The van der Waals surface area contributed by atoms with E-state index < -0.39 is 0 Å². The number of aromatic nitrogens is 2. The lowest BCUT2D eigenvalue weighted by Gasteiger charge is -2.13. The van der Waals surface area contributed by atoms with Crippen LogP contribution in [-0.2, 0) is 12.8 Å². The number of allylic oxidation sites excluding steroid dienone is 2. The lowest BCUT2D eigenvalue weighted by Crippen LogP contribution is -2.23. The van der Waals surface area contributed by atoms with Gasteiger partial charge in [-0.15, -0.1) is 0 Å². The van der Waals surface area contributed by atoms with Gasteiger partial charge in [0.05, 0.1) is 17.6 Å². The molecule has 0 aliphatic heterocycles. The van der Waals surface area contributed by atoms with E-state index in [-0.39, 0.29) is 0 Å². The summed E-state index contributed by atoms with van der Waals surface area (Å²) >= 11 is 0. The zero-order valence-corrected chi connectivity index (χ0v) is 24.1. The third kappa shape index (κ3) is 7.95. The summed E-state index contributed by atoms with van der Waals surface area (Å²) in [6.45, 7) is 17.7. The van der Waals surface area contributed by atoms with E-state index in [9.17, 15) is 0 Å². The Balaban J connectivity index is 0.000000279. The number of imidazole rings is 1. The first-order chi connectivity index (χ1) is 18.4. The largest absolute Gasteiger partial charge is 0.493 e. The van der Waals surface area contributed by atoms with Crippen molar-refractivity contribution in [1.82, 2.24) is 9.97 Å². The number of nitrogens with zero attached hydrogens (tertiary/aromatic N) is 1. The first-order valence-corrected chi connectivity index (χ1v) is 14.0. The Morgan fingerprint density at radius 2 is 1.76 bits per heavy atom. The molecule has 3 aromatic carbocycles. The van der Waals surface area contributed by atoms with Crippen molar-refractivity contribution >= 4 is 23.2 Å². The molecule has 38 heavy (non-hydrogen) atoms. The molecule has 1 N–H and O–H groups in total. The minimum Gasteiger partial charge on any atom is -0.493 e. The van der Waals surface area contributed by atoms with Crippen LogP contribution in [0.4, 0.5) is 0 Å². The molecule has 1 heterocycles. The number of fused-ring (bicyclic) bond motifs is 1. The molecule has 0 bridgehead atoms. The monoisotopic (exact) mass is 508 g/mol. The Hall–Kier alpha value is -3.59. The quantitative estimate of drug-likeness (QED) is 0.249. The highest BCUT2D eigenvalue weighted by atomic mass is 16.5. The molecule has 0 unspecified atom stereocenters. The van der Waals surface area contributed by atoms with Crippen LogP contribution < -0.4 is 15.2 Å². The van der Waals surface area contributed by atoms with Crippen molar-refractivity contribution in [2.45, 2.75) is 67.2 Å². The Bertz CT molecular complexity index is 1460. The van der Waals surface area contributed by atoms with Gasteiger partial charge in [-0.05, 0) is 96.0 Å². The lowest BCUT2D eigenvalue weighted by molar-refractivity contribution is 0.287. The maximum absolute atomic E-state index is 6.01. The van der Waals surface area contributed by atoms with Crippen LogP contribution in [0.25, 0.3) is 34.3 Å². The van der Waals surface area contributed by atoms with Gasteiger partial charge in [0.25, 0.3) is 0 Å². The van der Waals surface area contributed by atoms with Crippen LogP contribution in [0.3, 0.4) is 0 Å². The number of hydrogen-bond acceptors (Lipinski definition) is 2. The summed E-state index contributed by atoms with van der Waals surface area (Å²) in [7, 11) is 0. The highest BCUT2D eigenvalue weighted by molar-refractivity contribution is 5.82.